The molecular weight excluding hydrogens is 757 g/mol. The summed E-state index contributed by atoms with van der Waals surface area (Å²) >= 11 is 0. The normalized spacial score (nSPS) is 11.8. The molecule has 0 fully saturated rings. The second-order valence-corrected chi connectivity index (χ2v) is 17.6. The van der Waals surface area contributed by atoms with Gasteiger partial charge in [0.1, 0.15) is 23.0 Å². The van der Waals surface area contributed by atoms with E-state index in [-0.39, 0.29) is 25.3 Å². The molecule has 11 heteroatoms. The molecule has 9 nitrogen and oxygen atoms in total. The van der Waals surface area contributed by atoms with E-state index < -0.39 is 19.7 Å². The third-order valence-corrected chi connectivity index (χ3v) is 13.3. The van der Waals surface area contributed by atoms with Crippen LogP contribution < -0.4 is 15.2 Å². The summed E-state index contributed by atoms with van der Waals surface area (Å²) in [6.45, 7) is 3.87. The van der Waals surface area contributed by atoms with E-state index in [1.807, 2.05) is 56.3 Å². The first-order valence-electron chi connectivity index (χ1n) is 18.0. The van der Waals surface area contributed by atoms with E-state index in [1.54, 1.807) is 113 Å². The lowest BCUT2D eigenvalue weighted by Gasteiger charge is -2.10. The first kappa shape index (κ1) is 37.2. The highest BCUT2D eigenvalue weighted by atomic mass is 32.2. The Balaban J connectivity index is 0.897. The van der Waals surface area contributed by atoms with Gasteiger partial charge in [-0.1, -0.05) is 48.0 Å². The molecule has 0 N–H and O–H groups in total. The van der Waals surface area contributed by atoms with Gasteiger partial charge in [0.15, 0.2) is 0 Å². The Hall–Kier alpha value is -6.69. The van der Waals surface area contributed by atoms with Gasteiger partial charge in [0, 0.05) is 7.05 Å². The van der Waals surface area contributed by atoms with E-state index in [1.165, 1.54) is 24.3 Å². The maximum Gasteiger partial charge on any atom is 0.333 e. The van der Waals surface area contributed by atoms with Gasteiger partial charge in [-0.2, -0.15) is 0 Å². The second-order valence-electron chi connectivity index (χ2n) is 13.7. The first-order chi connectivity index (χ1) is 27.4. The highest BCUT2D eigenvalue weighted by Gasteiger charge is 2.20. The molecule has 0 spiro atoms. The van der Waals surface area contributed by atoms with Crippen molar-refractivity contribution in [1.82, 2.24) is 9.13 Å². The van der Waals surface area contributed by atoms with E-state index in [0.717, 1.165) is 33.3 Å². The summed E-state index contributed by atoms with van der Waals surface area (Å²) in [5, 5.41) is 0. The number of sulfone groups is 2. The Morgan fingerprint density at radius 2 is 0.772 bits per heavy atom. The zero-order valence-corrected chi connectivity index (χ0v) is 32.8. The number of imidazole rings is 1. The molecule has 0 radical (unpaired) electrons. The van der Waals surface area contributed by atoms with E-state index in [0.29, 0.717) is 28.7 Å². The molecule has 284 valence electrons. The maximum atomic E-state index is 13.6. The number of aryl methyl sites for hydroxylation is 3. The number of fused-ring (bicyclic) bond motifs is 1. The Labute approximate surface area is 330 Å². The van der Waals surface area contributed by atoms with Crippen molar-refractivity contribution in [2.24, 2.45) is 7.05 Å². The number of hydrogen-bond donors (Lipinski definition) is 0. The van der Waals surface area contributed by atoms with E-state index >= 15 is 0 Å². The molecular formula is C46H36N2O7S2. The molecule has 1 aromatic heterocycles. The van der Waals surface area contributed by atoms with Gasteiger partial charge in [0.05, 0.1) is 36.3 Å². The Kier molecular flexibility index (Phi) is 9.64. The smallest absolute Gasteiger partial charge is 0.333 e. The molecule has 0 saturated heterocycles. The zero-order chi connectivity index (χ0) is 39.9. The number of benzene rings is 7. The third kappa shape index (κ3) is 7.38. The van der Waals surface area contributed by atoms with Crippen molar-refractivity contribution in [1.29, 1.82) is 0 Å². The van der Waals surface area contributed by atoms with E-state index in [4.69, 9.17) is 9.47 Å². The highest BCUT2D eigenvalue weighted by molar-refractivity contribution is 7.91. The molecule has 0 bridgehead atoms. The van der Waals surface area contributed by atoms with Gasteiger partial charge < -0.3 is 9.47 Å². The van der Waals surface area contributed by atoms with Gasteiger partial charge in [-0.05, 0) is 152 Å². The van der Waals surface area contributed by atoms with Gasteiger partial charge in [-0.15, -0.1) is 0 Å². The van der Waals surface area contributed by atoms with Crippen molar-refractivity contribution in [3.8, 4) is 39.8 Å². The minimum Gasteiger partial charge on any atom is -0.457 e. The van der Waals surface area contributed by atoms with Crippen LogP contribution in [0.5, 0.6) is 23.0 Å². The molecule has 8 aromatic rings. The Bertz CT molecular complexity index is 3030. The molecule has 57 heavy (non-hydrogen) atoms. The number of ether oxygens (including phenoxy) is 2. The number of hydrogen-bond acceptors (Lipinski definition) is 7. The van der Waals surface area contributed by atoms with Crippen LogP contribution in [0.15, 0.2) is 188 Å². The fourth-order valence-corrected chi connectivity index (χ4v) is 9.06. The van der Waals surface area contributed by atoms with Crippen LogP contribution in [0.3, 0.4) is 0 Å². The Morgan fingerprint density at radius 1 is 0.421 bits per heavy atom. The lowest BCUT2D eigenvalue weighted by molar-refractivity contribution is 0.469. The summed E-state index contributed by atoms with van der Waals surface area (Å²) in [7, 11) is -5.73. The molecule has 7 aromatic carbocycles. The molecule has 0 aliphatic carbocycles. The number of rotatable bonds is 10. The molecule has 0 atom stereocenters. The molecule has 1 heterocycles. The summed E-state index contributed by atoms with van der Waals surface area (Å²) in [6.07, 6.45) is 0. The van der Waals surface area contributed by atoms with Gasteiger partial charge in [0.25, 0.3) is 0 Å². The molecule has 0 amide bonds. The molecule has 0 aliphatic heterocycles. The van der Waals surface area contributed by atoms with Crippen molar-refractivity contribution in [3.05, 3.63) is 185 Å². The van der Waals surface area contributed by atoms with Crippen molar-refractivity contribution in [3.63, 3.8) is 0 Å². The third-order valence-electron chi connectivity index (χ3n) is 9.73. The van der Waals surface area contributed by atoms with Crippen LogP contribution in [0.2, 0.25) is 0 Å². The van der Waals surface area contributed by atoms with E-state index in [2.05, 4.69) is 0 Å². The quantitative estimate of drug-likeness (QED) is 0.136. The van der Waals surface area contributed by atoms with Crippen LogP contribution in [0.25, 0.3) is 27.8 Å². The summed E-state index contributed by atoms with van der Waals surface area (Å²) in [6, 6.07) is 46.5. The average molecular weight is 793 g/mol. The lowest BCUT2D eigenvalue weighted by atomic mass is 10.1. The summed E-state index contributed by atoms with van der Waals surface area (Å²) < 4.78 is 68.2. The van der Waals surface area contributed by atoms with Crippen LogP contribution >= 0.6 is 0 Å². The number of aromatic nitrogens is 2. The van der Waals surface area contributed by atoms with Crippen LogP contribution in [-0.2, 0) is 26.7 Å². The predicted molar refractivity (Wildman–Crippen MR) is 220 cm³/mol. The summed E-state index contributed by atoms with van der Waals surface area (Å²) in [4.78, 5) is 13.8. The molecule has 0 aliphatic rings. The Morgan fingerprint density at radius 3 is 1.25 bits per heavy atom. The monoisotopic (exact) mass is 792 g/mol. The number of nitrogens with zero attached hydrogens (tertiary/aromatic N) is 2. The van der Waals surface area contributed by atoms with Gasteiger partial charge in [-0.3, -0.25) is 9.13 Å². The largest absolute Gasteiger partial charge is 0.457 e. The van der Waals surface area contributed by atoms with Gasteiger partial charge in [-0.25, -0.2) is 21.6 Å². The molecule has 0 unspecified atom stereocenters. The molecule has 8 rings (SSSR count). The average Bonchev–Trinajstić information content (AvgIpc) is 3.47. The van der Waals surface area contributed by atoms with Crippen LogP contribution in [0.4, 0.5) is 0 Å². The fourth-order valence-electron chi connectivity index (χ4n) is 6.54. The molecule has 0 saturated carbocycles. The van der Waals surface area contributed by atoms with E-state index in [9.17, 15) is 21.6 Å². The topological polar surface area (TPSA) is 114 Å². The standard InChI is InChI=1S/C46H36N2O7S2/c1-31-4-21-40(22-5-31)56(50,51)43-27-19-39(20-28-43)55-38-17-15-37(16-18-38)54-36-13-7-33(8-14-36)34-9-23-41(24-10-34)57(52,53)42-25-11-35(12-26-42)48-45-30-32(2)6-29-44(45)47(3)46(48)49/h4-30H,1-3H3. The van der Waals surface area contributed by atoms with Crippen molar-refractivity contribution >= 4 is 30.7 Å². The lowest BCUT2D eigenvalue weighted by Crippen LogP contribution is -2.20. The summed E-state index contributed by atoms with van der Waals surface area (Å²) in [5.41, 5.74) is 5.64. The van der Waals surface area contributed by atoms with Crippen LogP contribution in [-0.4, -0.2) is 26.0 Å². The highest BCUT2D eigenvalue weighted by Crippen LogP contribution is 2.31. The first-order valence-corrected chi connectivity index (χ1v) is 21.0. The predicted octanol–water partition coefficient (Wildman–Crippen LogP) is 9.86. The summed E-state index contributed by atoms with van der Waals surface area (Å²) in [5.74, 6) is 2.26. The minimum atomic E-state index is -3.81. The second kappa shape index (κ2) is 14.8. The van der Waals surface area contributed by atoms with Gasteiger partial charge >= 0.3 is 5.69 Å². The maximum absolute atomic E-state index is 13.6. The van der Waals surface area contributed by atoms with Crippen molar-refractivity contribution in [2.75, 3.05) is 0 Å². The van der Waals surface area contributed by atoms with Crippen LogP contribution in [0.1, 0.15) is 11.1 Å². The van der Waals surface area contributed by atoms with Crippen molar-refractivity contribution < 1.29 is 26.3 Å². The minimum absolute atomic E-state index is 0.130. The van der Waals surface area contributed by atoms with Gasteiger partial charge in [0.2, 0.25) is 19.7 Å². The van der Waals surface area contributed by atoms with Crippen molar-refractivity contribution in [2.45, 2.75) is 33.4 Å². The SMILES string of the molecule is Cc1ccc(S(=O)(=O)c2ccc(Oc3ccc(Oc4ccc(-c5ccc(S(=O)(=O)c6ccc(-n7c(=O)n(C)c8ccc(C)cc87)cc6)cc5)cc4)cc3)cc2)cc1. The van der Waals surface area contributed by atoms with Crippen LogP contribution in [0, 0.1) is 13.8 Å². The zero-order valence-electron chi connectivity index (χ0n) is 31.2. The fraction of sp³-hybridized carbons (Fsp3) is 0.0652.